The quantitative estimate of drug-likeness (QED) is 0.653. The molecule has 0 aromatic carbocycles. The zero-order chi connectivity index (χ0) is 9.47. The topological polar surface area (TPSA) is 64.8 Å². The SMILES string of the molecule is CSc1ncn(C2CS(=O)(=O)C2)n1. The van der Waals surface area contributed by atoms with E-state index >= 15 is 0 Å². The van der Waals surface area contributed by atoms with E-state index in [0.29, 0.717) is 5.16 Å². The second-order valence-electron chi connectivity index (χ2n) is 2.94. The van der Waals surface area contributed by atoms with Crippen molar-refractivity contribution >= 4 is 21.6 Å². The van der Waals surface area contributed by atoms with Crippen LogP contribution in [-0.2, 0) is 9.84 Å². The van der Waals surface area contributed by atoms with Gasteiger partial charge in [0.1, 0.15) is 6.33 Å². The van der Waals surface area contributed by atoms with Crippen molar-refractivity contribution in [2.45, 2.75) is 11.2 Å². The van der Waals surface area contributed by atoms with E-state index in [1.807, 2.05) is 6.26 Å². The Labute approximate surface area is 80.5 Å². The van der Waals surface area contributed by atoms with Crippen molar-refractivity contribution in [3.8, 4) is 0 Å². The monoisotopic (exact) mass is 219 g/mol. The first-order valence-corrected chi connectivity index (χ1v) is 6.81. The smallest absolute Gasteiger partial charge is 0.208 e. The molecule has 1 aromatic rings. The summed E-state index contributed by atoms with van der Waals surface area (Å²) in [6, 6.07) is -0.00148. The highest BCUT2D eigenvalue weighted by Crippen LogP contribution is 2.23. The number of sulfone groups is 1. The van der Waals surface area contributed by atoms with Crippen molar-refractivity contribution in [2.75, 3.05) is 17.8 Å². The molecule has 0 bridgehead atoms. The largest absolute Gasteiger partial charge is 0.247 e. The Hall–Kier alpha value is -0.560. The molecule has 1 saturated heterocycles. The Bertz CT molecular complexity index is 399. The Balaban J connectivity index is 2.11. The van der Waals surface area contributed by atoms with Crippen molar-refractivity contribution in [1.82, 2.24) is 14.8 Å². The molecule has 0 saturated carbocycles. The summed E-state index contributed by atoms with van der Waals surface area (Å²) in [4.78, 5) is 4.01. The van der Waals surface area contributed by atoms with E-state index in [1.165, 1.54) is 11.8 Å². The summed E-state index contributed by atoms with van der Waals surface area (Å²) in [5.41, 5.74) is 0. The maximum Gasteiger partial charge on any atom is 0.208 e. The Morgan fingerprint density at radius 3 is 2.77 bits per heavy atom. The fraction of sp³-hybridized carbons (Fsp3) is 0.667. The van der Waals surface area contributed by atoms with Gasteiger partial charge in [-0.2, -0.15) is 0 Å². The van der Waals surface area contributed by atoms with Crippen LogP contribution in [0.4, 0.5) is 0 Å². The number of aromatic nitrogens is 3. The molecule has 0 spiro atoms. The molecule has 0 N–H and O–H groups in total. The predicted octanol–water partition coefficient (Wildman–Crippen LogP) is -0.0305. The lowest BCUT2D eigenvalue weighted by Crippen LogP contribution is -2.38. The third-order valence-electron chi connectivity index (χ3n) is 1.94. The van der Waals surface area contributed by atoms with Gasteiger partial charge in [-0.15, -0.1) is 5.10 Å². The standard InChI is InChI=1S/C6H9N3O2S2/c1-12-6-7-4-9(8-6)5-2-13(10,11)3-5/h4-5H,2-3H2,1H3. The summed E-state index contributed by atoms with van der Waals surface area (Å²) in [5.74, 6) is 0.397. The minimum atomic E-state index is -2.77. The lowest BCUT2D eigenvalue weighted by atomic mass is 10.4. The highest BCUT2D eigenvalue weighted by molar-refractivity contribution is 7.98. The number of hydrogen-bond donors (Lipinski definition) is 0. The summed E-state index contributed by atoms with van der Waals surface area (Å²) in [5, 5.41) is 4.80. The van der Waals surface area contributed by atoms with Gasteiger partial charge in [0, 0.05) is 0 Å². The molecule has 0 atom stereocenters. The molecule has 7 heteroatoms. The van der Waals surface area contributed by atoms with E-state index in [2.05, 4.69) is 10.1 Å². The maximum absolute atomic E-state index is 10.9. The maximum atomic E-state index is 10.9. The molecule has 1 aliphatic rings. The van der Waals surface area contributed by atoms with E-state index < -0.39 is 9.84 Å². The van der Waals surface area contributed by atoms with Crippen LogP contribution in [0.1, 0.15) is 6.04 Å². The van der Waals surface area contributed by atoms with E-state index in [0.717, 1.165) is 0 Å². The van der Waals surface area contributed by atoms with Crippen LogP contribution in [0, 0.1) is 0 Å². The molecule has 0 unspecified atom stereocenters. The van der Waals surface area contributed by atoms with Gasteiger partial charge in [0.05, 0.1) is 17.5 Å². The van der Waals surface area contributed by atoms with Crippen molar-refractivity contribution in [2.24, 2.45) is 0 Å². The van der Waals surface area contributed by atoms with Gasteiger partial charge < -0.3 is 0 Å². The lowest BCUT2D eigenvalue weighted by Gasteiger charge is -2.25. The summed E-state index contributed by atoms with van der Waals surface area (Å²) < 4.78 is 23.4. The van der Waals surface area contributed by atoms with Gasteiger partial charge in [0.2, 0.25) is 5.16 Å². The molecule has 5 nitrogen and oxygen atoms in total. The molecule has 72 valence electrons. The van der Waals surface area contributed by atoms with E-state index in [1.54, 1.807) is 11.0 Å². The van der Waals surface area contributed by atoms with Crippen LogP contribution in [0.25, 0.3) is 0 Å². The zero-order valence-corrected chi connectivity index (χ0v) is 8.68. The molecule has 0 amide bonds. The molecule has 2 rings (SSSR count). The highest BCUT2D eigenvalue weighted by atomic mass is 32.2. The molecular weight excluding hydrogens is 210 g/mol. The number of nitrogens with zero attached hydrogens (tertiary/aromatic N) is 3. The molecule has 0 aliphatic carbocycles. The van der Waals surface area contributed by atoms with Crippen LogP contribution < -0.4 is 0 Å². The lowest BCUT2D eigenvalue weighted by molar-refractivity contribution is 0.467. The molecule has 1 aliphatic heterocycles. The molecule has 1 fully saturated rings. The van der Waals surface area contributed by atoms with Gasteiger partial charge in [0.15, 0.2) is 9.84 Å². The molecule has 0 radical (unpaired) electrons. The van der Waals surface area contributed by atoms with Crippen LogP contribution in [-0.4, -0.2) is 40.9 Å². The van der Waals surface area contributed by atoms with Crippen molar-refractivity contribution in [3.05, 3.63) is 6.33 Å². The molecule has 2 heterocycles. The highest BCUT2D eigenvalue weighted by Gasteiger charge is 2.35. The van der Waals surface area contributed by atoms with Crippen molar-refractivity contribution < 1.29 is 8.42 Å². The number of rotatable bonds is 2. The first-order chi connectivity index (χ1) is 6.11. The third-order valence-corrected chi connectivity index (χ3v) is 4.27. The second-order valence-corrected chi connectivity index (χ2v) is 5.87. The Morgan fingerprint density at radius 2 is 2.31 bits per heavy atom. The van der Waals surface area contributed by atoms with Crippen molar-refractivity contribution in [3.63, 3.8) is 0 Å². The van der Waals surface area contributed by atoms with Crippen LogP contribution in [0.2, 0.25) is 0 Å². The Kier molecular flexibility index (Phi) is 2.07. The minimum Gasteiger partial charge on any atom is -0.247 e. The fourth-order valence-electron chi connectivity index (χ4n) is 1.22. The van der Waals surface area contributed by atoms with Gasteiger partial charge >= 0.3 is 0 Å². The van der Waals surface area contributed by atoms with Gasteiger partial charge in [0.25, 0.3) is 0 Å². The molecular formula is C6H9N3O2S2. The average molecular weight is 219 g/mol. The number of thioether (sulfide) groups is 1. The van der Waals surface area contributed by atoms with E-state index in [4.69, 9.17) is 0 Å². The summed E-state index contributed by atoms with van der Waals surface area (Å²) in [6.45, 7) is 0. The van der Waals surface area contributed by atoms with Gasteiger partial charge in [-0.25, -0.2) is 18.1 Å². The normalized spacial score (nSPS) is 21.3. The first-order valence-electron chi connectivity index (χ1n) is 3.76. The van der Waals surface area contributed by atoms with Gasteiger partial charge in [-0.3, -0.25) is 0 Å². The fourth-order valence-corrected chi connectivity index (χ4v) is 2.93. The van der Waals surface area contributed by atoms with Crippen LogP contribution in [0.3, 0.4) is 0 Å². The first kappa shape index (κ1) is 9.01. The minimum absolute atomic E-state index is 0.00148. The van der Waals surface area contributed by atoms with Crippen LogP contribution in [0.5, 0.6) is 0 Å². The van der Waals surface area contributed by atoms with Crippen LogP contribution in [0.15, 0.2) is 11.5 Å². The van der Waals surface area contributed by atoms with E-state index in [9.17, 15) is 8.42 Å². The number of hydrogen-bond acceptors (Lipinski definition) is 5. The second kappa shape index (κ2) is 2.98. The summed E-state index contributed by atoms with van der Waals surface area (Å²) >= 11 is 1.45. The Morgan fingerprint density at radius 1 is 1.62 bits per heavy atom. The van der Waals surface area contributed by atoms with E-state index in [-0.39, 0.29) is 17.5 Å². The zero-order valence-electron chi connectivity index (χ0n) is 7.04. The van der Waals surface area contributed by atoms with Crippen LogP contribution >= 0.6 is 11.8 Å². The molecule has 13 heavy (non-hydrogen) atoms. The average Bonchev–Trinajstić information content (AvgIpc) is 2.47. The third kappa shape index (κ3) is 1.71. The summed E-state index contributed by atoms with van der Waals surface area (Å²) in [7, 11) is -2.77. The predicted molar refractivity (Wildman–Crippen MR) is 49.5 cm³/mol. The summed E-state index contributed by atoms with van der Waals surface area (Å²) in [6.07, 6.45) is 3.47. The van der Waals surface area contributed by atoms with Gasteiger partial charge in [-0.1, -0.05) is 11.8 Å². The molecule has 1 aromatic heterocycles. The van der Waals surface area contributed by atoms with Crippen molar-refractivity contribution in [1.29, 1.82) is 0 Å². The van der Waals surface area contributed by atoms with Gasteiger partial charge in [-0.05, 0) is 6.26 Å².